The summed E-state index contributed by atoms with van der Waals surface area (Å²) in [6, 6.07) is 19.5. The SMILES string of the molecule is CN1CCC(NC2CCN(c3c(C#N)c(NCc4ccc(Cl)cc4)nc4ccccc34)CC2)CC1. The molecule has 0 amide bonds. The maximum absolute atomic E-state index is 10.2. The lowest BCUT2D eigenvalue weighted by Crippen LogP contribution is -2.49. The number of anilines is 2. The van der Waals surface area contributed by atoms with Gasteiger partial charge in [0.25, 0.3) is 0 Å². The van der Waals surface area contributed by atoms with E-state index in [1.165, 1.54) is 25.9 Å². The van der Waals surface area contributed by atoms with E-state index in [0.29, 0.717) is 35.0 Å². The number of halogens is 1. The molecule has 1 aromatic heterocycles. The van der Waals surface area contributed by atoms with Crippen LogP contribution in [-0.4, -0.2) is 55.2 Å². The van der Waals surface area contributed by atoms with Crippen LogP contribution in [0.1, 0.15) is 36.8 Å². The zero-order valence-electron chi connectivity index (χ0n) is 20.3. The number of fused-ring (bicyclic) bond motifs is 1. The molecular weight excluding hydrogens is 456 g/mol. The standard InChI is InChI=1S/C28H33ClN6/c1-34-14-10-22(11-15-34)32-23-12-16-35(17-13-23)27-24-4-2-3-5-26(24)33-28(25(27)18-30)31-19-20-6-8-21(29)9-7-20/h2-9,22-23,32H,10-17,19H2,1H3,(H,31,33). The lowest BCUT2D eigenvalue weighted by Gasteiger charge is -2.38. The predicted octanol–water partition coefficient (Wildman–Crippen LogP) is 5.02. The van der Waals surface area contributed by atoms with Crippen LogP contribution in [0.25, 0.3) is 10.9 Å². The smallest absolute Gasteiger partial charge is 0.147 e. The number of hydrogen-bond donors (Lipinski definition) is 2. The summed E-state index contributed by atoms with van der Waals surface area (Å²) in [5.74, 6) is 0.641. The van der Waals surface area contributed by atoms with E-state index < -0.39 is 0 Å². The molecule has 35 heavy (non-hydrogen) atoms. The van der Waals surface area contributed by atoms with E-state index >= 15 is 0 Å². The Balaban J connectivity index is 1.35. The molecule has 0 atom stereocenters. The van der Waals surface area contributed by atoms with Gasteiger partial charge in [-0.3, -0.25) is 0 Å². The Hall–Kier alpha value is -2.85. The van der Waals surface area contributed by atoms with Crippen molar-refractivity contribution in [2.45, 2.75) is 44.3 Å². The highest BCUT2D eigenvalue weighted by atomic mass is 35.5. The number of rotatable bonds is 6. The zero-order chi connectivity index (χ0) is 24.2. The second-order valence-corrected chi connectivity index (χ2v) is 10.2. The zero-order valence-corrected chi connectivity index (χ0v) is 21.1. The second-order valence-electron chi connectivity index (χ2n) is 9.80. The van der Waals surface area contributed by atoms with Gasteiger partial charge in [0, 0.05) is 42.1 Å². The van der Waals surface area contributed by atoms with Crippen LogP contribution in [0.3, 0.4) is 0 Å². The highest BCUT2D eigenvalue weighted by Crippen LogP contribution is 2.35. The minimum atomic E-state index is 0.542. The summed E-state index contributed by atoms with van der Waals surface area (Å²) in [5.41, 5.74) is 3.64. The van der Waals surface area contributed by atoms with Gasteiger partial charge in [0.15, 0.2) is 0 Å². The normalized spacial score (nSPS) is 18.0. The maximum atomic E-state index is 10.2. The number of likely N-dealkylation sites (tertiary alicyclic amines) is 1. The number of nitrogens with one attached hydrogen (secondary N) is 2. The van der Waals surface area contributed by atoms with Gasteiger partial charge >= 0.3 is 0 Å². The largest absolute Gasteiger partial charge is 0.370 e. The van der Waals surface area contributed by atoms with Crippen LogP contribution >= 0.6 is 11.6 Å². The summed E-state index contributed by atoms with van der Waals surface area (Å²) in [5, 5.41) is 19.3. The third-order valence-electron chi connectivity index (χ3n) is 7.35. The molecule has 5 rings (SSSR count). The van der Waals surface area contributed by atoms with Gasteiger partial charge in [-0.1, -0.05) is 41.9 Å². The summed E-state index contributed by atoms with van der Waals surface area (Å²) in [6.45, 7) is 4.81. The van der Waals surface area contributed by atoms with E-state index in [-0.39, 0.29) is 0 Å². The van der Waals surface area contributed by atoms with Crippen LogP contribution in [0, 0.1) is 11.3 Å². The molecule has 7 heteroatoms. The fourth-order valence-electron chi connectivity index (χ4n) is 5.32. The number of benzene rings is 2. The molecule has 2 fully saturated rings. The van der Waals surface area contributed by atoms with Crippen LogP contribution in [0.5, 0.6) is 0 Å². The summed E-state index contributed by atoms with van der Waals surface area (Å²) in [7, 11) is 2.21. The number of para-hydroxylation sites is 1. The summed E-state index contributed by atoms with van der Waals surface area (Å²) in [4.78, 5) is 9.64. The molecule has 2 N–H and O–H groups in total. The molecule has 2 saturated heterocycles. The fraction of sp³-hybridized carbons (Fsp3) is 0.429. The first kappa shape index (κ1) is 23.9. The summed E-state index contributed by atoms with van der Waals surface area (Å²) in [6.07, 6.45) is 4.63. The first-order valence-corrected chi connectivity index (χ1v) is 13.0. The van der Waals surface area contributed by atoms with Crippen molar-refractivity contribution in [1.29, 1.82) is 5.26 Å². The Kier molecular flexibility index (Phi) is 7.38. The molecule has 0 bridgehead atoms. The van der Waals surface area contributed by atoms with Crippen LogP contribution in [0.15, 0.2) is 48.5 Å². The molecule has 0 unspecified atom stereocenters. The van der Waals surface area contributed by atoms with Gasteiger partial charge in [0.05, 0.1) is 11.2 Å². The summed E-state index contributed by atoms with van der Waals surface area (Å²) >= 11 is 6.03. The number of piperidine rings is 2. The van der Waals surface area contributed by atoms with E-state index in [1.54, 1.807) is 0 Å². The highest BCUT2D eigenvalue weighted by molar-refractivity contribution is 6.30. The van der Waals surface area contributed by atoms with Gasteiger partial charge in [0.2, 0.25) is 0 Å². The van der Waals surface area contributed by atoms with Crippen molar-refractivity contribution in [2.24, 2.45) is 0 Å². The Morgan fingerprint density at radius 3 is 2.31 bits per heavy atom. The van der Waals surface area contributed by atoms with E-state index in [1.807, 2.05) is 42.5 Å². The Bertz CT molecular complexity index is 1190. The van der Waals surface area contributed by atoms with Crippen molar-refractivity contribution >= 4 is 34.0 Å². The molecule has 2 aliphatic rings. The van der Waals surface area contributed by atoms with Gasteiger partial charge in [0.1, 0.15) is 17.5 Å². The first-order chi connectivity index (χ1) is 17.1. The first-order valence-electron chi connectivity index (χ1n) is 12.6. The molecule has 0 saturated carbocycles. The minimum absolute atomic E-state index is 0.542. The number of pyridine rings is 1. The third kappa shape index (κ3) is 5.54. The van der Waals surface area contributed by atoms with Crippen molar-refractivity contribution < 1.29 is 0 Å². The van der Waals surface area contributed by atoms with Crippen molar-refractivity contribution in [2.75, 3.05) is 43.4 Å². The van der Waals surface area contributed by atoms with Crippen molar-refractivity contribution in [3.8, 4) is 6.07 Å². The lowest BCUT2D eigenvalue weighted by molar-refractivity contribution is 0.217. The average molecular weight is 489 g/mol. The quantitative estimate of drug-likeness (QED) is 0.507. The number of hydrogen-bond acceptors (Lipinski definition) is 6. The Morgan fingerprint density at radius 1 is 0.971 bits per heavy atom. The third-order valence-corrected chi connectivity index (χ3v) is 7.60. The summed E-state index contributed by atoms with van der Waals surface area (Å²) < 4.78 is 0. The molecule has 2 aliphatic heterocycles. The van der Waals surface area contributed by atoms with Gasteiger partial charge in [-0.15, -0.1) is 0 Å². The highest BCUT2D eigenvalue weighted by Gasteiger charge is 2.27. The van der Waals surface area contributed by atoms with E-state index in [4.69, 9.17) is 16.6 Å². The predicted molar refractivity (Wildman–Crippen MR) is 144 cm³/mol. The second kappa shape index (κ2) is 10.8. The van der Waals surface area contributed by atoms with Crippen LogP contribution in [0.2, 0.25) is 5.02 Å². The van der Waals surface area contributed by atoms with Crippen LogP contribution in [-0.2, 0) is 6.54 Å². The van der Waals surface area contributed by atoms with E-state index in [9.17, 15) is 5.26 Å². The molecule has 3 heterocycles. The molecule has 0 spiro atoms. The van der Waals surface area contributed by atoms with E-state index in [2.05, 4.69) is 39.6 Å². The van der Waals surface area contributed by atoms with Crippen molar-refractivity contribution in [3.63, 3.8) is 0 Å². The fourth-order valence-corrected chi connectivity index (χ4v) is 5.45. The van der Waals surface area contributed by atoms with Gasteiger partial charge in [-0.05, 0) is 69.6 Å². The Morgan fingerprint density at radius 2 is 1.63 bits per heavy atom. The number of aromatic nitrogens is 1. The van der Waals surface area contributed by atoms with Gasteiger partial charge < -0.3 is 20.4 Å². The number of nitrogens with zero attached hydrogens (tertiary/aromatic N) is 4. The van der Waals surface area contributed by atoms with Crippen molar-refractivity contribution in [1.82, 2.24) is 15.2 Å². The van der Waals surface area contributed by atoms with E-state index in [0.717, 1.165) is 48.1 Å². The van der Waals surface area contributed by atoms with Crippen LogP contribution < -0.4 is 15.5 Å². The lowest BCUT2D eigenvalue weighted by atomic mass is 9.98. The monoisotopic (exact) mass is 488 g/mol. The molecule has 0 aliphatic carbocycles. The van der Waals surface area contributed by atoms with Crippen LogP contribution in [0.4, 0.5) is 11.5 Å². The minimum Gasteiger partial charge on any atom is -0.370 e. The van der Waals surface area contributed by atoms with Gasteiger partial charge in [-0.25, -0.2) is 4.98 Å². The molecule has 2 aromatic carbocycles. The Labute approximate surface area is 212 Å². The molecule has 182 valence electrons. The molecule has 6 nitrogen and oxygen atoms in total. The maximum Gasteiger partial charge on any atom is 0.147 e. The topological polar surface area (TPSA) is 67.2 Å². The molecule has 0 radical (unpaired) electrons. The van der Waals surface area contributed by atoms with Crippen molar-refractivity contribution in [3.05, 3.63) is 64.7 Å². The molecular formula is C28H33ClN6. The average Bonchev–Trinajstić information content (AvgIpc) is 2.89. The number of nitriles is 1. The van der Waals surface area contributed by atoms with Gasteiger partial charge in [-0.2, -0.15) is 5.26 Å². The molecule has 3 aromatic rings.